The Labute approximate surface area is 256 Å². The zero-order chi connectivity index (χ0) is 30.2. The number of para-hydroxylation sites is 1. The number of rotatable bonds is 9. The van der Waals surface area contributed by atoms with E-state index in [1.165, 1.54) is 0 Å². The Morgan fingerprint density at radius 1 is 1.00 bits per heavy atom. The monoisotopic (exact) mass is 600 g/mol. The highest BCUT2D eigenvalue weighted by atomic mass is 35.5. The van der Waals surface area contributed by atoms with Crippen LogP contribution in [-0.4, -0.2) is 25.4 Å². The second-order valence-corrected chi connectivity index (χ2v) is 14.7. The number of halogens is 1. The molecule has 3 aromatic carbocycles. The van der Waals surface area contributed by atoms with E-state index in [-0.39, 0.29) is 10.9 Å². The van der Waals surface area contributed by atoms with Crippen LogP contribution in [0.1, 0.15) is 64.6 Å². The van der Waals surface area contributed by atoms with E-state index in [0.717, 1.165) is 49.4 Å². The molecule has 0 aliphatic carbocycles. The van der Waals surface area contributed by atoms with Crippen LogP contribution in [0.2, 0.25) is 5.02 Å². The molecule has 7 heteroatoms. The molecule has 1 N–H and O–H groups in total. The van der Waals surface area contributed by atoms with E-state index in [2.05, 4.69) is 49.6 Å². The van der Waals surface area contributed by atoms with Crippen LogP contribution >= 0.6 is 23.4 Å². The SMILES string of the molecule is C[C@@H](Oc1ccc2c(c1)c(SC(C)(C)C)c(CC(C)(C)C(=O)O)n2Cc1ccc(Cl)cc1)c1ccc2ccccc2n1. The predicted octanol–water partition coefficient (Wildman–Crippen LogP) is 9.58. The largest absolute Gasteiger partial charge is 0.484 e. The molecule has 0 aliphatic heterocycles. The lowest BCUT2D eigenvalue weighted by molar-refractivity contribution is -0.146. The van der Waals surface area contributed by atoms with Crippen molar-refractivity contribution in [2.24, 2.45) is 5.41 Å². The highest BCUT2D eigenvalue weighted by Crippen LogP contribution is 2.44. The number of aliphatic carboxylic acids is 1. The Bertz CT molecular complexity index is 1750. The van der Waals surface area contributed by atoms with Gasteiger partial charge >= 0.3 is 5.97 Å². The van der Waals surface area contributed by atoms with E-state index in [9.17, 15) is 9.90 Å². The smallest absolute Gasteiger partial charge is 0.309 e. The third-order valence-electron chi connectivity index (χ3n) is 7.29. The highest BCUT2D eigenvalue weighted by molar-refractivity contribution is 8.00. The van der Waals surface area contributed by atoms with Crippen molar-refractivity contribution in [3.63, 3.8) is 0 Å². The first-order valence-corrected chi connectivity index (χ1v) is 15.3. The first kappa shape index (κ1) is 30.0. The number of hydrogen-bond donors (Lipinski definition) is 1. The minimum Gasteiger partial charge on any atom is -0.484 e. The lowest BCUT2D eigenvalue weighted by Crippen LogP contribution is -2.28. The number of benzene rings is 3. The number of thioether (sulfide) groups is 1. The van der Waals surface area contributed by atoms with E-state index in [4.69, 9.17) is 21.3 Å². The maximum Gasteiger partial charge on any atom is 0.309 e. The second kappa shape index (κ2) is 11.7. The molecule has 0 amide bonds. The standard InChI is InChI=1S/C35H37ClN2O3S/c1-22(28-17-13-24-9-7-8-10-29(24)37-28)41-26-16-18-30-27(19-26)32(42-34(2,3)4)31(20-35(5,6)33(39)40)38(30)21-23-11-14-25(36)15-12-23/h7-19,22H,20-21H2,1-6H3,(H,39,40)/t22-/m1/s1. The fourth-order valence-electron chi connectivity index (χ4n) is 5.04. The molecule has 2 heterocycles. The summed E-state index contributed by atoms with van der Waals surface area (Å²) in [6.07, 6.45) is 0.128. The van der Waals surface area contributed by atoms with Crippen LogP contribution in [0.15, 0.2) is 83.8 Å². The van der Waals surface area contributed by atoms with Crippen LogP contribution in [-0.2, 0) is 17.8 Å². The molecule has 0 unspecified atom stereocenters. The van der Waals surface area contributed by atoms with Gasteiger partial charge in [-0.1, -0.05) is 68.8 Å². The number of carbonyl (C=O) groups is 1. The van der Waals surface area contributed by atoms with E-state index in [1.54, 1.807) is 25.6 Å². The van der Waals surface area contributed by atoms with Gasteiger partial charge in [0.25, 0.3) is 0 Å². The minimum absolute atomic E-state index is 0.0966. The van der Waals surface area contributed by atoms with Crippen LogP contribution in [0.4, 0.5) is 0 Å². The molecule has 0 fully saturated rings. The van der Waals surface area contributed by atoms with Gasteiger partial charge in [0.1, 0.15) is 11.9 Å². The average molecular weight is 601 g/mol. The summed E-state index contributed by atoms with van der Waals surface area (Å²) in [6, 6.07) is 26.2. The molecule has 0 bridgehead atoms. The Morgan fingerprint density at radius 2 is 1.71 bits per heavy atom. The van der Waals surface area contributed by atoms with Gasteiger partial charge in [-0.05, 0) is 68.8 Å². The minimum atomic E-state index is -0.949. The molecular weight excluding hydrogens is 564 g/mol. The molecule has 0 aliphatic rings. The van der Waals surface area contributed by atoms with E-state index < -0.39 is 11.4 Å². The number of carboxylic acids is 1. The zero-order valence-corrected chi connectivity index (χ0v) is 26.5. The molecule has 5 nitrogen and oxygen atoms in total. The Balaban J connectivity index is 1.61. The van der Waals surface area contributed by atoms with Crippen molar-refractivity contribution in [1.82, 2.24) is 9.55 Å². The Morgan fingerprint density at radius 3 is 2.40 bits per heavy atom. The Hall–Kier alpha value is -3.48. The lowest BCUT2D eigenvalue weighted by atomic mass is 9.88. The second-order valence-electron chi connectivity index (χ2n) is 12.4. The number of hydrogen-bond acceptors (Lipinski definition) is 4. The van der Waals surface area contributed by atoms with Crippen molar-refractivity contribution in [3.05, 3.63) is 101 Å². The molecule has 5 aromatic rings. The summed E-state index contributed by atoms with van der Waals surface area (Å²) < 4.78 is 8.64. The molecular formula is C35H37ClN2O3S. The third kappa shape index (κ3) is 6.61. The molecule has 0 saturated heterocycles. The zero-order valence-electron chi connectivity index (χ0n) is 24.9. The van der Waals surface area contributed by atoms with Gasteiger partial charge in [-0.2, -0.15) is 0 Å². The van der Waals surface area contributed by atoms with Gasteiger partial charge < -0.3 is 14.4 Å². The van der Waals surface area contributed by atoms with E-state index in [1.807, 2.05) is 61.5 Å². The van der Waals surface area contributed by atoms with Crippen LogP contribution in [0.25, 0.3) is 21.8 Å². The quantitative estimate of drug-likeness (QED) is 0.171. The van der Waals surface area contributed by atoms with Crippen molar-refractivity contribution in [2.45, 2.75) is 70.3 Å². The summed E-state index contributed by atoms with van der Waals surface area (Å²) in [5.74, 6) is -0.0772. The number of aromatic nitrogens is 2. The molecule has 5 rings (SSSR count). The number of fused-ring (bicyclic) bond motifs is 2. The highest BCUT2D eigenvalue weighted by Gasteiger charge is 2.33. The molecule has 42 heavy (non-hydrogen) atoms. The van der Waals surface area contributed by atoms with Crippen LogP contribution < -0.4 is 4.74 Å². The summed E-state index contributed by atoms with van der Waals surface area (Å²) in [5, 5.41) is 12.9. The maximum atomic E-state index is 12.3. The third-order valence-corrected chi connectivity index (χ3v) is 8.82. The molecule has 2 aromatic heterocycles. The molecule has 0 spiro atoms. The van der Waals surface area contributed by atoms with Crippen molar-refractivity contribution >= 4 is 51.1 Å². The molecule has 0 saturated carbocycles. The summed E-state index contributed by atoms with van der Waals surface area (Å²) in [4.78, 5) is 18.2. The summed E-state index contributed by atoms with van der Waals surface area (Å²) in [7, 11) is 0. The average Bonchev–Trinajstić information content (AvgIpc) is 3.19. The maximum absolute atomic E-state index is 12.3. The lowest BCUT2D eigenvalue weighted by Gasteiger charge is -2.24. The van der Waals surface area contributed by atoms with Gasteiger partial charge in [0, 0.05) is 49.6 Å². The van der Waals surface area contributed by atoms with Gasteiger partial charge in [-0.15, -0.1) is 11.8 Å². The Kier molecular flexibility index (Phi) is 8.32. The van der Waals surface area contributed by atoms with Gasteiger partial charge in [0.05, 0.1) is 16.6 Å². The summed E-state index contributed by atoms with van der Waals surface area (Å²) >= 11 is 7.94. The van der Waals surface area contributed by atoms with Crippen molar-refractivity contribution < 1.29 is 14.6 Å². The van der Waals surface area contributed by atoms with Gasteiger partial charge in [-0.25, -0.2) is 4.98 Å². The van der Waals surface area contributed by atoms with Crippen molar-refractivity contribution in [2.75, 3.05) is 0 Å². The number of pyridine rings is 1. The summed E-state index contributed by atoms with van der Waals surface area (Å²) in [5.41, 5.74) is 3.99. The predicted molar refractivity (Wildman–Crippen MR) is 174 cm³/mol. The van der Waals surface area contributed by atoms with Crippen LogP contribution in [0, 0.1) is 5.41 Å². The van der Waals surface area contributed by atoms with Gasteiger partial charge in [0.2, 0.25) is 0 Å². The number of ether oxygens (including phenoxy) is 1. The first-order chi connectivity index (χ1) is 19.8. The topological polar surface area (TPSA) is 64.3 Å². The fourth-order valence-corrected chi connectivity index (χ4v) is 6.36. The van der Waals surface area contributed by atoms with E-state index >= 15 is 0 Å². The van der Waals surface area contributed by atoms with Crippen molar-refractivity contribution in [1.29, 1.82) is 0 Å². The molecule has 0 radical (unpaired) electrons. The molecule has 1 atom stereocenters. The van der Waals surface area contributed by atoms with Crippen molar-refractivity contribution in [3.8, 4) is 5.75 Å². The number of nitrogens with zero attached hydrogens (tertiary/aromatic N) is 2. The van der Waals surface area contributed by atoms with Crippen LogP contribution in [0.5, 0.6) is 5.75 Å². The van der Waals surface area contributed by atoms with E-state index in [0.29, 0.717) is 18.0 Å². The first-order valence-electron chi connectivity index (χ1n) is 14.1. The molecule has 218 valence electrons. The van der Waals surface area contributed by atoms with Crippen LogP contribution in [0.3, 0.4) is 0 Å². The normalized spacial score (nSPS) is 13.0. The number of carboxylic acid groups (broad SMARTS) is 1. The summed E-state index contributed by atoms with van der Waals surface area (Å²) in [6.45, 7) is 12.7. The van der Waals surface area contributed by atoms with Gasteiger partial charge in [-0.3, -0.25) is 4.79 Å². The fraction of sp³-hybridized carbons (Fsp3) is 0.314. The van der Waals surface area contributed by atoms with Gasteiger partial charge in [0.15, 0.2) is 0 Å².